The van der Waals surface area contributed by atoms with Crippen LogP contribution in [0.4, 0.5) is 0 Å². The SMILES string of the molecule is O=c1ccc(-c2ccco2)nn1Cc1ccc(Br)cc1. The minimum Gasteiger partial charge on any atom is -0.463 e. The molecule has 2 heterocycles. The van der Waals surface area contributed by atoms with E-state index in [4.69, 9.17) is 4.42 Å². The molecule has 0 N–H and O–H groups in total. The third-order valence-electron chi connectivity index (χ3n) is 2.89. The third kappa shape index (κ3) is 2.72. The zero-order valence-corrected chi connectivity index (χ0v) is 12.1. The molecule has 20 heavy (non-hydrogen) atoms. The van der Waals surface area contributed by atoms with Crippen molar-refractivity contribution in [2.75, 3.05) is 0 Å². The van der Waals surface area contributed by atoms with Gasteiger partial charge in [0, 0.05) is 10.5 Å². The van der Waals surface area contributed by atoms with E-state index in [0.717, 1.165) is 10.0 Å². The second-order valence-electron chi connectivity index (χ2n) is 4.32. The highest BCUT2D eigenvalue weighted by molar-refractivity contribution is 9.10. The first-order valence-corrected chi connectivity index (χ1v) is 6.88. The molecule has 0 atom stereocenters. The van der Waals surface area contributed by atoms with Crippen molar-refractivity contribution in [3.05, 3.63) is 75.2 Å². The van der Waals surface area contributed by atoms with Crippen molar-refractivity contribution in [1.29, 1.82) is 0 Å². The molecular formula is C15H11BrN2O2. The summed E-state index contributed by atoms with van der Waals surface area (Å²) in [5, 5.41) is 4.33. The lowest BCUT2D eigenvalue weighted by molar-refractivity contribution is 0.569. The molecule has 0 fully saturated rings. The van der Waals surface area contributed by atoms with E-state index in [1.54, 1.807) is 18.4 Å². The molecule has 3 rings (SSSR count). The number of rotatable bonds is 3. The Balaban J connectivity index is 1.95. The molecule has 0 radical (unpaired) electrons. The highest BCUT2D eigenvalue weighted by Crippen LogP contribution is 2.16. The Bertz CT molecular complexity index is 761. The number of benzene rings is 1. The summed E-state index contributed by atoms with van der Waals surface area (Å²) in [5.41, 5.74) is 1.52. The van der Waals surface area contributed by atoms with Crippen LogP contribution >= 0.6 is 15.9 Å². The van der Waals surface area contributed by atoms with Gasteiger partial charge in [-0.1, -0.05) is 28.1 Å². The Hall–Kier alpha value is -2.14. The number of halogens is 1. The van der Waals surface area contributed by atoms with E-state index >= 15 is 0 Å². The van der Waals surface area contributed by atoms with E-state index in [-0.39, 0.29) is 5.56 Å². The highest BCUT2D eigenvalue weighted by atomic mass is 79.9. The lowest BCUT2D eigenvalue weighted by Crippen LogP contribution is -2.22. The molecule has 100 valence electrons. The second-order valence-corrected chi connectivity index (χ2v) is 5.23. The second kappa shape index (κ2) is 5.46. The average molecular weight is 331 g/mol. The molecule has 0 aliphatic heterocycles. The van der Waals surface area contributed by atoms with Crippen molar-refractivity contribution in [3.63, 3.8) is 0 Å². The Morgan fingerprint density at radius 3 is 2.60 bits per heavy atom. The van der Waals surface area contributed by atoms with Crippen LogP contribution in [0.3, 0.4) is 0 Å². The molecule has 4 nitrogen and oxygen atoms in total. The summed E-state index contributed by atoms with van der Waals surface area (Å²) < 4.78 is 7.73. The van der Waals surface area contributed by atoms with E-state index in [1.807, 2.05) is 30.3 Å². The van der Waals surface area contributed by atoms with Gasteiger partial charge < -0.3 is 4.42 Å². The number of furan rings is 1. The molecule has 0 spiro atoms. The molecule has 3 aromatic rings. The summed E-state index contributed by atoms with van der Waals surface area (Å²) >= 11 is 3.39. The van der Waals surface area contributed by atoms with E-state index in [9.17, 15) is 4.79 Å². The fraction of sp³-hybridized carbons (Fsp3) is 0.0667. The molecule has 0 aliphatic rings. The number of hydrogen-bond donors (Lipinski definition) is 0. The van der Waals surface area contributed by atoms with Crippen LogP contribution in [0.25, 0.3) is 11.5 Å². The van der Waals surface area contributed by atoms with Gasteiger partial charge >= 0.3 is 0 Å². The van der Waals surface area contributed by atoms with E-state index in [1.165, 1.54) is 10.7 Å². The topological polar surface area (TPSA) is 48.0 Å². The van der Waals surface area contributed by atoms with Gasteiger partial charge in [-0.05, 0) is 35.9 Å². The summed E-state index contributed by atoms with van der Waals surface area (Å²) in [6, 6.07) is 14.6. The molecule has 0 aliphatic carbocycles. The summed E-state index contributed by atoms with van der Waals surface area (Å²) in [6.45, 7) is 0.431. The van der Waals surface area contributed by atoms with Gasteiger partial charge in [0.05, 0.1) is 12.8 Å². The van der Waals surface area contributed by atoms with Crippen LogP contribution in [0.15, 0.2) is 68.5 Å². The number of nitrogens with zero attached hydrogens (tertiary/aromatic N) is 2. The molecule has 0 amide bonds. The smallest absolute Gasteiger partial charge is 0.267 e. The van der Waals surface area contributed by atoms with Gasteiger partial charge in [-0.25, -0.2) is 4.68 Å². The minimum atomic E-state index is -0.136. The van der Waals surface area contributed by atoms with Gasteiger partial charge in [-0.3, -0.25) is 4.79 Å². The maximum Gasteiger partial charge on any atom is 0.267 e. The lowest BCUT2D eigenvalue weighted by Gasteiger charge is -2.06. The van der Waals surface area contributed by atoms with Crippen molar-refractivity contribution in [2.45, 2.75) is 6.54 Å². The molecule has 1 aromatic carbocycles. The van der Waals surface area contributed by atoms with E-state index in [0.29, 0.717) is 18.0 Å². The van der Waals surface area contributed by atoms with Crippen LogP contribution < -0.4 is 5.56 Å². The average Bonchev–Trinajstić information content (AvgIpc) is 2.98. The van der Waals surface area contributed by atoms with Crippen LogP contribution in [0.1, 0.15) is 5.56 Å². The quantitative estimate of drug-likeness (QED) is 0.740. The molecule has 0 unspecified atom stereocenters. The first kappa shape index (κ1) is 12.9. The molecular weight excluding hydrogens is 320 g/mol. The van der Waals surface area contributed by atoms with Crippen molar-refractivity contribution in [2.24, 2.45) is 0 Å². The highest BCUT2D eigenvalue weighted by Gasteiger charge is 2.06. The van der Waals surface area contributed by atoms with E-state index in [2.05, 4.69) is 21.0 Å². The largest absolute Gasteiger partial charge is 0.463 e. The van der Waals surface area contributed by atoms with Gasteiger partial charge in [0.2, 0.25) is 0 Å². The van der Waals surface area contributed by atoms with Gasteiger partial charge in [-0.15, -0.1) is 0 Å². The number of hydrogen-bond acceptors (Lipinski definition) is 3. The summed E-state index contributed by atoms with van der Waals surface area (Å²) in [4.78, 5) is 11.9. The third-order valence-corrected chi connectivity index (χ3v) is 3.41. The zero-order valence-electron chi connectivity index (χ0n) is 10.5. The molecule has 2 aromatic heterocycles. The van der Waals surface area contributed by atoms with Crippen LogP contribution in [0.5, 0.6) is 0 Å². The fourth-order valence-electron chi connectivity index (χ4n) is 1.88. The van der Waals surface area contributed by atoms with Gasteiger partial charge in [0.25, 0.3) is 5.56 Å². The van der Waals surface area contributed by atoms with Crippen LogP contribution in [0.2, 0.25) is 0 Å². The maximum absolute atomic E-state index is 11.9. The monoisotopic (exact) mass is 330 g/mol. The summed E-state index contributed by atoms with van der Waals surface area (Å²) in [6.07, 6.45) is 1.58. The fourth-order valence-corrected chi connectivity index (χ4v) is 2.14. The summed E-state index contributed by atoms with van der Waals surface area (Å²) in [5.74, 6) is 0.648. The van der Waals surface area contributed by atoms with Crippen molar-refractivity contribution in [1.82, 2.24) is 9.78 Å². The first-order chi connectivity index (χ1) is 9.72. The Labute approximate surface area is 123 Å². The summed E-state index contributed by atoms with van der Waals surface area (Å²) in [7, 11) is 0. The zero-order chi connectivity index (χ0) is 13.9. The minimum absolute atomic E-state index is 0.136. The lowest BCUT2D eigenvalue weighted by atomic mass is 10.2. The Kier molecular flexibility index (Phi) is 3.52. The van der Waals surface area contributed by atoms with Crippen LogP contribution in [0, 0.1) is 0 Å². The van der Waals surface area contributed by atoms with Crippen LogP contribution in [-0.2, 0) is 6.54 Å². The molecule has 0 bridgehead atoms. The normalized spacial score (nSPS) is 10.7. The maximum atomic E-state index is 11.9. The van der Waals surface area contributed by atoms with Gasteiger partial charge in [0.1, 0.15) is 5.69 Å². The van der Waals surface area contributed by atoms with Crippen LogP contribution in [-0.4, -0.2) is 9.78 Å². The predicted molar refractivity (Wildman–Crippen MR) is 79.4 cm³/mol. The predicted octanol–water partition coefficient (Wildman–Crippen LogP) is 3.31. The Morgan fingerprint density at radius 2 is 1.90 bits per heavy atom. The molecule has 5 heteroatoms. The number of aromatic nitrogens is 2. The first-order valence-electron chi connectivity index (χ1n) is 6.09. The Morgan fingerprint density at radius 1 is 1.10 bits per heavy atom. The van der Waals surface area contributed by atoms with Crippen molar-refractivity contribution >= 4 is 15.9 Å². The van der Waals surface area contributed by atoms with Gasteiger partial charge in [0.15, 0.2) is 5.76 Å². The van der Waals surface area contributed by atoms with Gasteiger partial charge in [-0.2, -0.15) is 5.10 Å². The van der Waals surface area contributed by atoms with Crippen molar-refractivity contribution in [3.8, 4) is 11.5 Å². The molecule has 0 saturated carbocycles. The standard InChI is InChI=1S/C15H11BrN2O2/c16-12-5-3-11(4-6-12)10-18-15(19)8-7-13(17-18)14-2-1-9-20-14/h1-9H,10H2. The van der Waals surface area contributed by atoms with E-state index < -0.39 is 0 Å². The van der Waals surface area contributed by atoms with Crippen molar-refractivity contribution < 1.29 is 4.42 Å². The molecule has 0 saturated heterocycles.